The van der Waals surface area contributed by atoms with Crippen molar-refractivity contribution >= 4 is 5.69 Å². The Morgan fingerprint density at radius 2 is 2.38 bits per heavy atom. The standard InChI is InChI=1S/C12H17FN2O/c1-14-7-6-9-8-16-11-5-3-4-10(13)12(11)15(9)2/h3-5,9,14H,6-8H2,1-2H3. The predicted octanol–water partition coefficient (Wildman–Crippen LogP) is 1.63. The first kappa shape index (κ1) is 11.2. The lowest BCUT2D eigenvalue weighted by molar-refractivity contribution is 0.257. The number of nitrogens with one attached hydrogen (secondary N) is 1. The van der Waals surface area contributed by atoms with Crippen molar-refractivity contribution in [2.75, 3.05) is 32.1 Å². The summed E-state index contributed by atoms with van der Waals surface area (Å²) in [7, 11) is 3.84. The van der Waals surface area contributed by atoms with E-state index < -0.39 is 0 Å². The van der Waals surface area contributed by atoms with Crippen LogP contribution in [0.4, 0.5) is 10.1 Å². The Bertz CT molecular complexity index is 370. The Labute approximate surface area is 95.2 Å². The van der Waals surface area contributed by atoms with Crippen molar-refractivity contribution in [3.8, 4) is 5.75 Å². The van der Waals surface area contributed by atoms with Crippen LogP contribution < -0.4 is 15.0 Å². The number of para-hydroxylation sites is 1. The van der Waals surface area contributed by atoms with E-state index in [1.807, 2.05) is 25.1 Å². The van der Waals surface area contributed by atoms with Crippen molar-refractivity contribution in [3.05, 3.63) is 24.0 Å². The van der Waals surface area contributed by atoms with E-state index in [1.54, 1.807) is 6.07 Å². The van der Waals surface area contributed by atoms with Crippen molar-refractivity contribution < 1.29 is 9.13 Å². The molecule has 0 saturated heterocycles. The number of halogens is 1. The van der Waals surface area contributed by atoms with E-state index in [-0.39, 0.29) is 11.9 Å². The average Bonchev–Trinajstić information content (AvgIpc) is 2.28. The second kappa shape index (κ2) is 4.70. The van der Waals surface area contributed by atoms with E-state index in [0.29, 0.717) is 18.0 Å². The van der Waals surface area contributed by atoms with Crippen LogP contribution in [0.15, 0.2) is 18.2 Å². The van der Waals surface area contributed by atoms with Crippen LogP contribution in [-0.4, -0.2) is 33.3 Å². The highest BCUT2D eigenvalue weighted by atomic mass is 19.1. The van der Waals surface area contributed by atoms with Crippen LogP contribution in [0.5, 0.6) is 5.75 Å². The van der Waals surface area contributed by atoms with Gasteiger partial charge in [-0.05, 0) is 32.1 Å². The monoisotopic (exact) mass is 224 g/mol. The van der Waals surface area contributed by atoms with E-state index in [9.17, 15) is 4.39 Å². The van der Waals surface area contributed by atoms with Gasteiger partial charge in [-0.15, -0.1) is 0 Å². The maximum atomic E-state index is 13.7. The molecule has 0 fully saturated rings. The Hall–Kier alpha value is -1.29. The summed E-state index contributed by atoms with van der Waals surface area (Å²) in [6.07, 6.45) is 0.945. The van der Waals surface area contributed by atoms with Crippen molar-refractivity contribution in [1.82, 2.24) is 5.32 Å². The number of anilines is 1. The van der Waals surface area contributed by atoms with Crippen LogP contribution in [-0.2, 0) is 0 Å². The minimum absolute atomic E-state index is 0.214. The predicted molar refractivity (Wildman–Crippen MR) is 62.6 cm³/mol. The number of fused-ring (bicyclic) bond motifs is 1. The summed E-state index contributed by atoms with van der Waals surface area (Å²) >= 11 is 0. The van der Waals surface area contributed by atoms with Crippen LogP contribution in [0.1, 0.15) is 6.42 Å². The van der Waals surface area contributed by atoms with Gasteiger partial charge in [0.25, 0.3) is 0 Å². The van der Waals surface area contributed by atoms with E-state index in [2.05, 4.69) is 5.32 Å². The van der Waals surface area contributed by atoms with Gasteiger partial charge in [0.1, 0.15) is 23.9 Å². The third kappa shape index (κ3) is 1.97. The normalized spacial score (nSPS) is 19.2. The molecule has 88 valence electrons. The van der Waals surface area contributed by atoms with Gasteiger partial charge in [0, 0.05) is 7.05 Å². The summed E-state index contributed by atoms with van der Waals surface area (Å²) in [5.74, 6) is 0.428. The highest BCUT2D eigenvalue weighted by Gasteiger charge is 2.26. The molecule has 1 aromatic carbocycles. The molecule has 0 saturated carbocycles. The number of nitrogens with zero attached hydrogens (tertiary/aromatic N) is 1. The highest BCUT2D eigenvalue weighted by molar-refractivity contribution is 5.61. The van der Waals surface area contributed by atoms with Gasteiger partial charge >= 0.3 is 0 Å². The Morgan fingerprint density at radius 3 is 3.12 bits per heavy atom. The van der Waals surface area contributed by atoms with Crippen molar-refractivity contribution in [2.45, 2.75) is 12.5 Å². The number of hydrogen-bond acceptors (Lipinski definition) is 3. The van der Waals surface area contributed by atoms with Gasteiger partial charge < -0.3 is 15.0 Å². The SMILES string of the molecule is CNCCC1COc2cccc(F)c2N1C. The fraction of sp³-hybridized carbons (Fsp3) is 0.500. The summed E-state index contributed by atoms with van der Waals surface area (Å²) in [6.45, 7) is 1.52. The maximum absolute atomic E-state index is 13.7. The summed E-state index contributed by atoms with van der Waals surface area (Å²) in [4.78, 5) is 1.98. The number of likely N-dealkylation sites (N-methyl/N-ethyl adjacent to an activating group) is 1. The van der Waals surface area contributed by atoms with Gasteiger partial charge in [-0.3, -0.25) is 0 Å². The molecule has 0 amide bonds. The van der Waals surface area contributed by atoms with Gasteiger partial charge in [0.15, 0.2) is 0 Å². The van der Waals surface area contributed by atoms with Gasteiger partial charge in [0.2, 0.25) is 0 Å². The third-order valence-electron chi connectivity index (χ3n) is 3.01. The molecule has 3 nitrogen and oxygen atoms in total. The van der Waals surface area contributed by atoms with Crippen molar-refractivity contribution in [1.29, 1.82) is 0 Å². The molecular formula is C12H17FN2O. The molecule has 0 radical (unpaired) electrons. The summed E-state index contributed by atoms with van der Waals surface area (Å²) in [6, 6.07) is 5.19. The molecule has 1 heterocycles. The fourth-order valence-electron chi connectivity index (χ4n) is 2.02. The molecule has 4 heteroatoms. The van der Waals surface area contributed by atoms with Crippen LogP contribution in [0, 0.1) is 5.82 Å². The molecule has 1 aromatic rings. The zero-order chi connectivity index (χ0) is 11.5. The van der Waals surface area contributed by atoms with Crippen LogP contribution >= 0.6 is 0 Å². The van der Waals surface area contributed by atoms with E-state index >= 15 is 0 Å². The number of rotatable bonds is 3. The highest BCUT2D eigenvalue weighted by Crippen LogP contribution is 2.35. The Morgan fingerprint density at radius 1 is 1.56 bits per heavy atom. The van der Waals surface area contributed by atoms with Crippen LogP contribution in [0.3, 0.4) is 0 Å². The molecular weight excluding hydrogens is 207 g/mol. The van der Waals surface area contributed by atoms with Crippen molar-refractivity contribution in [3.63, 3.8) is 0 Å². The van der Waals surface area contributed by atoms with E-state index in [4.69, 9.17) is 4.74 Å². The zero-order valence-electron chi connectivity index (χ0n) is 9.66. The summed E-state index contributed by atoms with van der Waals surface area (Å²) < 4.78 is 19.3. The Kier molecular flexibility index (Phi) is 3.29. The first-order valence-corrected chi connectivity index (χ1v) is 5.52. The summed E-state index contributed by atoms with van der Waals surface area (Å²) in [5.41, 5.74) is 0.579. The molecule has 1 N–H and O–H groups in total. The largest absolute Gasteiger partial charge is 0.489 e. The van der Waals surface area contributed by atoms with Gasteiger partial charge in [-0.2, -0.15) is 0 Å². The lowest BCUT2D eigenvalue weighted by atomic mass is 10.1. The molecule has 1 atom stereocenters. The molecule has 1 unspecified atom stereocenters. The van der Waals surface area contributed by atoms with Crippen LogP contribution in [0.25, 0.3) is 0 Å². The second-order valence-electron chi connectivity index (χ2n) is 4.05. The molecule has 16 heavy (non-hydrogen) atoms. The second-order valence-corrected chi connectivity index (χ2v) is 4.05. The van der Waals surface area contributed by atoms with Gasteiger partial charge in [-0.25, -0.2) is 4.39 Å². The van der Waals surface area contributed by atoms with Gasteiger partial charge in [0.05, 0.1) is 6.04 Å². The molecule has 0 bridgehead atoms. The maximum Gasteiger partial charge on any atom is 0.150 e. The first-order chi connectivity index (χ1) is 7.74. The first-order valence-electron chi connectivity index (χ1n) is 5.52. The lowest BCUT2D eigenvalue weighted by Crippen LogP contribution is -2.42. The van der Waals surface area contributed by atoms with Gasteiger partial charge in [-0.1, -0.05) is 6.07 Å². The third-order valence-corrected chi connectivity index (χ3v) is 3.01. The molecule has 2 rings (SSSR count). The van der Waals surface area contributed by atoms with Crippen LogP contribution in [0.2, 0.25) is 0 Å². The molecule has 0 aliphatic carbocycles. The Balaban J connectivity index is 2.20. The molecule has 0 aromatic heterocycles. The van der Waals surface area contributed by atoms with E-state index in [0.717, 1.165) is 13.0 Å². The fourth-order valence-corrected chi connectivity index (χ4v) is 2.02. The summed E-state index contributed by atoms with van der Waals surface area (Å²) in [5, 5.41) is 3.10. The molecule has 1 aliphatic rings. The number of benzene rings is 1. The quantitative estimate of drug-likeness (QED) is 0.844. The lowest BCUT2D eigenvalue weighted by Gasteiger charge is -2.36. The number of hydrogen-bond donors (Lipinski definition) is 1. The topological polar surface area (TPSA) is 24.5 Å². The van der Waals surface area contributed by atoms with E-state index in [1.165, 1.54) is 6.07 Å². The van der Waals surface area contributed by atoms with Crippen molar-refractivity contribution in [2.24, 2.45) is 0 Å². The smallest absolute Gasteiger partial charge is 0.150 e. The average molecular weight is 224 g/mol. The minimum Gasteiger partial charge on any atom is -0.489 e. The number of ether oxygens (including phenoxy) is 1. The molecule has 0 spiro atoms. The zero-order valence-corrected chi connectivity index (χ0v) is 9.66. The molecule has 1 aliphatic heterocycles. The minimum atomic E-state index is -0.214.